The van der Waals surface area contributed by atoms with Crippen molar-refractivity contribution in [1.82, 2.24) is 5.32 Å². The third kappa shape index (κ3) is 4.21. The molecular weight excluding hydrogens is 280 g/mol. The van der Waals surface area contributed by atoms with Crippen LogP contribution >= 0.6 is 11.6 Å². The zero-order chi connectivity index (χ0) is 15.3. The number of hydrogen-bond acceptors (Lipinski definition) is 3. The summed E-state index contributed by atoms with van der Waals surface area (Å²) in [5.41, 5.74) is 6.34. The van der Waals surface area contributed by atoms with Crippen molar-refractivity contribution >= 4 is 23.5 Å². The van der Waals surface area contributed by atoms with Crippen LogP contribution in [0.5, 0.6) is 0 Å². The lowest BCUT2D eigenvalue weighted by atomic mass is 9.85. The Morgan fingerprint density at radius 1 is 1.30 bits per heavy atom. The van der Waals surface area contributed by atoms with E-state index in [1.54, 1.807) is 38.1 Å². The minimum absolute atomic E-state index is 0.0683. The van der Waals surface area contributed by atoms with Gasteiger partial charge < -0.3 is 16.2 Å². The zero-order valence-electron chi connectivity index (χ0n) is 11.5. The second-order valence-electron chi connectivity index (χ2n) is 4.88. The van der Waals surface area contributed by atoms with E-state index in [4.69, 9.17) is 22.4 Å². The maximum Gasteiger partial charge on any atom is 0.405 e. The van der Waals surface area contributed by atoms with Crippen molar-refractivity contribution in [2.45, 2.75) is 19.9 Å². The highest BCUT2D eigenvalue weighted by atomic mass is 35.5. The van der Waals surface area contributed by atoms with Crippen molar-refractivity contribution in [2.75, 3.05) is 6.54 Å². The molecule has 1 amide bonds. The second kappa shape index (κ2) is 7.26. The Labute approximate surface area is 123 Å². The van der Waals surface area contributed by atoms with Crippen molar-refractivity contribution in [3.8, 4) is 0 Å². The van der Waals surface area contributed by atoms with Crippen LogP contribution in [0.2, 0.25) is 5.02 Å². The van der Waals surface area contributed by atoms with Gasteiger partial charge in [-0.1, -0.05) is 37.6 Å². The molecule has 1 rings (SSSR count). The van der Waals surface area contributed by atoms with Crippen LogP contribution in [0.3, 0.4) is 0 Å². The number of benzene rings is 1. The minimum atomic E-state index is -1.19. The van der Waals surface area contributed by atoms with Crippen molar-refractivity contribution < 1.29 is 14.7 Å². The van der Waals surface area contributed by atoms with Crippen LogP contribution in [-0.2, 0) is 4.79 Å². The van der Waals surface area contributed by atoms with Crippen LogP contribution in [0.1, 0.15) is 25.5 Å². The molecule has 1 aromatic carbocycles. The van der Waals surface area contributed by atoms with Crippen LogP contribution in [0, 0.1) is 11.8 Å². The van der Waals surface area contributed by atoms with Crippen molar-refractivity contribution in [2.24, 2.45) is 17.6 Å². The predicted octanol–water partition coefficient (Wildman–Crippen LogP) is 2.45. The predicted molar refractivity (Wildman–Crippen MR) is 77.7 cm³/mol. The fourth-order valence-electron chi connectivity index (χ4n) is 2.06. The summed E-state index contributed by atoms with van der Waals surface area (Å²) in [4.78, 5) is 23.2. The van der Waals surface area contributed by atoms with Crippen LogP contribution in [0.25, 0.3) is 0 Å². The fraction of sp³-hybridized carbons (Fsp3) is 0.429. The quantitative estimate of drug-likeness (QED) is 0.752. The molecule has 6 heteroatoms. The highest BCUT2D eigenvalue weighted by Crippen LogP contribution is 2.26. The second-order valence-corrected chi connectivity index (χ2v) is 5.31. The van der Waals surface area contributed by atoms with E-state index in [0.717, 1.165) is 0 Å². The number of hydrogen-bond donors (Lipinski definition) is 3. The minimum Gasteiger partial charge on any atom is -0.465 e. The van der Waals surface area contributed by atoms with Gasteiger partial charge in [0.25, 0.3) is 0 Å². The number of nitrogens with two attached hydrogens (primary N) is 1. The van der Waals surface area contributed by atoms with Gasteiger partial charge in [-0.2, -0.15) is 0 Å². The number of Topliss-reactive ketones (excluding diaryl/α,β-unsaturated/α-hetero) is 1. The van der Waals surface area contributed by atoms with E-state index in [1.165, 1.54) is 0 Å². The molecule has 0 spiro atoms. The first-order chi connectivity index (χ1) is 9.36. The van der Waals surface area contributed by atoms with Gasteiger partial charge in [-0.25, -0.2) is 4.79 Å². The molecule has 0 bridgehead atoms. The molecule has 110 valence electrons. The van der Waals surface area contributed by atoms with Gasteiger partial charge in [-0.05, 0) is 17.7 Å². The van der Waals surface area contributed by atoms with Crippen molar-refractivity contribution in [3.63, 3.8) is 0 Å². The maximum atomic E-state index is 12.2. The molecular formula is C14H19ClN2O3. The van der Waals surface area contributed by atoms with E-state index in [-0.39, 0.29) is 18.2 Å². The molecule has 0 radical (unpaired) electrons. The first kappa shape index (κ1) is 16.5. The van der Waals surface area contributed by atoms with Crippen molar-refractivity contribution in [1.29, 1.82) is 0 Å². The molecule has 2 atom stereocenters. The summed E-state index contributed by atoms with van der Waals surface area (Å²) in [6.07, 6.45) is -1.19. The molecule has 0 saturated carbocycles. The van der Waals surface area contributed by atoms with E-state index >= 15 is 0 Å². The summed E-state index contributed by atoms with van der Waals surface area (Å²) >= 11 is 5.82. The third-order valence-corrected chi connectivity index (χ3v) is 3.35. The van der Waals surface area contributed by atoms with E-state index in [0.29, 0.717) is 10.6 Å². The Morgan fingerprint density at radius 2 is 1.85 bits per heavy atom. The lowest BCUT2D eigenvalue weighted by molar-refractivity contribution is -0.126. The number of halogens is 1. The highest BCUT2D eigenvalue weighted by molar-refractivity contribution is 6.30. The molecule has 0 aromatic heterocycles. The highest BCUT2D eigenvalue weighted by Gasteiger charge is 2.31. The average molecular weight is 299 g/mol. The molecule has 0 aliphatic carbocycles. The zero-order valence-corrected chi connectivity index (χ0v) is 12.2. The van der Waals surface area contributed by atoms with Gasteiger partial charge in [-0.3, -0.25) is 4.79 Å². The lowest BCUT2D eigenvalue weighted by Crippen LogP contribution is -2.41. The van der Waals surface area contributed by atoms with Crippen LogP contribution in [-0.4, -0.2) is 23.5 Å². The normalized spacial score (nSPS) is 13.8. The van der Waals surface area contributed by atoms with Crippen molar-refractivity contribution in [3.05, 3.63) is 34.9 Å². The molecule has 5 nitrogen and oxygen atoms in total. The van der Waals surface area contributed by atoms with Gasteiger partial charge in [0, 0.05) is 17.5 Å². The standard InChI is InChI=1S/C14H19ClN2O3/c1-8(2)13(18)11(7-16)12(17-14(19)20)9-3-5-10(15)6-4-9/h3-6,8,11-12,17H,7,16H2,1-2H3,(H,19,20)/t11?,12-/m0/s1. The largest absolute Gasteiger partial charge is 0.465 e. The maximum absolute atomic E-state index is 12.2. The summed E-state index contributed by atoms with van der Waals surface area (Å²) in [7, 11) is 0. The van der Waals surface area contributed by atoms with Gasteiger partial charge in [0.15, 0.2) is 0 Å². The number of carboxylic acid groups (broad SMARTS) is 1. The molecule has 1 aromatic rings. The Bertz CT molecular complexity index is 474. The molecule has 20 heavy (non-hydrogen) atoms. The molecule has 0 aliphatic rings. The summed E-state index contributed by atoms with van der Waals surface area (Å²) in [5.74, 6) is -0.887. The van der Waals surface area contributed by atoms with E-state index in [2.05, 4.69) is 5.32 Å². The summed E-state index contributed by atoms with van der Waals surface area (Å²) in [5, 5.41) is 11.9. The molecule has 4 N–H and O–H groups in total. The topological polar surface area (TPSA) is 92.4 Å². The van der Waals surface area contributed by atoms with Gasteiger partial charge >= 0.3 is 6.09 Å². The lowest BCUT2D eigenvalue weighted by Gasteiger charge is -2.26. The van der Waals surface area contributed by atoms with E-state index < -0.39 is 18.1 Å². The van der Waals surface area contributed by atoms with E-state index in [1.807, 2.05) is 0 Å². The molecule has 1 unspecified atom stereocenters. The SMILES string of the molecule is CC(C)C(=O)C(CN)[C@@H](NC(=O)O)c1ccc(Cl)cc1. The first-order valence-corrected chi connectivity index (χ1v) is 6.73. The van der Waals surface area contributed by atoms with Crippen LogP contribution in [0.15, 0.2) is 24.3 Å². The number of nitrogens with one attached hydrogen (secondary N) is 1. The first-order valence-electron chi connectivity index (χ1n) is 6.35. The summed E-state index contributed by atoms with van der Waals surface area (Å²) in [6, 6.07) is 6.02. The van der Waals surface area contributed by atoms with Crippen LogP contribution < -0.4 is 11.1 Å². The number of rotatable bonds is 6. The Kier molecular flexibility index (Phi) is 5.98. The molecule has 0 fully saturated rings. The van der Waals surface area contributed by atoms with Gasteiger partial charge in [0.2, 0.25) is 0 Å². The van der Waals surface area contributed by atoms with E-state index in [9.17, 15) is 9.59 Å². The fourth-order valence-corrected chi connectivity index (χ4v) is 2.19. The number of carbonyl (C=O) groups excluding carboxylic acids is 1. The molecule has 0 aliphatic heterocycles. The monoisotopic (exact) mass is 298 g/mol. The van der Waals surface area contributed by atoms with Crippen LogP contribution in [0.4, 0.5) is 4.79 Å². The number of ketones is 1. The molecule has 0 heterocycles. The summed E-state index contributed by atoms with van der Waals surface area (Å²) < 4.78 is 0. The average Bonchev–Trinajstić information content (AvgIpc) is 2.38. The Balaban J connectivity index is 3.12. The Morgan fingerprint density at radius 3 is 2.25 bits per heavy atom. The number of carbonyl (C=O) groups is 2. The van der Waals surface area contributed by atoms with Gasteiger partial charge in [0.1, 0.15) is 5.78 Å². The smallest absolute Gasteiger partial charge is 0.405 e. The summed E-state index contributed by atoms with van der Waals surface area (Å²) in [6.45, 7) is 3.61. The Hall–Kier alpha value is -1.59. The van der Waals surface area contributed by atoms with Gasteiger partial charge in [0.05, 0.1) is 12.0 Å². The third-order valence-electron chi connectivity index (χ3n) is 3.10. The molecule has 0 saturated heterocycles. The van der Waals surface area contributed by atoms with Gasteiger partial charge in [-0.15, -0.1) is 0 Å². The number of amides is 1.